The zero-order valence-electron chi connectivity index (χ0n) is 18.9. The van der Waals surface area contributed by atoms with Crippen LogP contribution < -0.4 is 10.6 Å². The lowest BCUT2D eigenvalue weighted by molar-refractivity contribution is 0.112. The molecule has 0 saturated carbocycles. The Morgan fingerprint density at radius 3 is 2.33 bits per heavy atom. The van der Waals surface area contributed by atoms with Crippen molar-refractivity contribution in [2.75, 3.05) is 53.6 Å². The Bertz CT molecular complexity index is 607. The van der Waals surface area contributed by atoms with Gasteiger partial charge in [0.05, 0.1) is 5.02 Å². The molecule has 1 heterocycles. The largest absolute Gasteiger partial charge is 0.319 e. The number of aldehydes is 1. The molecule has 0 radical (unpaired) electrons. The molecule has 0 atom stereocenters. The van der Waals surface area contributed by atoms with Gasteiger partial charge in [-0.3, -0.25) is 4.79 Å². The molecule has 8 heteroatoms. The van der Waals surface area contributed by atoms with Crippen molar-refractivity contribution in [2.45, 2.75) is 25.0 Å². The molecular formula is C22H38ClN5OS. The predicted octanol–water partition coefficient (Wildman–Crippen LogP) is 3.85. The fourth-order valence-electron chi connectivity index (χ4n) is 3.08. The first-order valence-corrected chi connectivity index (χ1v) is 11.6. The van der Waals surface area contributed by atoms with Crippen LogP contribution in [-0.4, -0.2) is 78.2 Å². The zero-order valence-corrected chi connectivity index (χ0v) is 20.5. The van der Waals surface area contributed by atoms with Crippen LogP contribution in [0.5, 0.6) is 0 Å². The summed E-state index contributed by atoms with van der Waals surface area (Å²) >= 11 is 8.02. The van der Waals surface area contributed by atoms with Crippen LogP contribution in [0.3, 0.4) is 0 Å². The van der Waals surface area contributed by atoms with Crippen LogP contribution in [0.15, 0.2) is 28.4 Å². The summed E-state index contributed by atoms with van der Waals surface area (Å²) in [5, 5.41) is 13.4. The van der Waals surface area contributed by atoms with Gasteiger partial charge in [-0.25, -0.2) is 0 Å². The summed E-state index contributed by atoms with van der Waals surface area (Å²) in [4.78, 5) is 12.8. The number of halogens is 1. The van der Waals surface area contributed by atoms with E-state index in [9.17, 15) is 4.79 Å². The van der Waals surface area contributed by atoms with Crippen molar-refractivity contribution in [1.29, 1.82) is 0 Å². The number of hydrogen-bond acceptors (Lipinski definition) is 7. The Kier molecular flexibility index (Phi) is 16.7. The summed E-state index contributed by atoms with van der Waals surface area (Å²) in [6.45, 7) is 9.37. The first-order chi connectivity index (χ1) is 14.3. The molecule has 0 aliphatic carbocycles. The van der Waals surface area contributed by atoms with E-state index in [1.807, 2.05) is 57.0 Å². The first kappa shape index (κ1) is 28.8. The van der Waals surface area contributed by atoms with Gasteiger partial charge in [-0.15, -0.1) is 0 Å². The molecule has 6 nitrogen and oxygen atoms in total. The number of piperidine rings is 1. The standard InChI is InChI=1S/C17H25ClN2OS.C3H9N.C2H4N2/c1-19-13-17(4-7-20-8-5-17)6-9-22-12-14-2-3-15(11-21)16(18)10-14;1-4(2)3;1-3-4-2/h2-3,10-11,19-20H,4-9,12-13H2,1H3;1-3H3;1-2H2. The van der Waals surface area contributed by atoms with Crippen molar-refractivity contribution >= 4 is 43.1 Å². The van der Waals surface area contributed by atoms with Gasteiger partial charge in [-0.05, 0) is 89.4 Å². The normalized spacial score (nSPS) is 14.6. The smallest absolute Gasteiger partial charge is 0.151 e. The van der Waals surface area contributed by atoms with Crippen LogP contribution in [0.25, 0.3) is 0 Å². The number of nitrogens with zero attached hydrogens (tertiary/aromatic N) is 3. The van der Waals surface area contributed by atoms with Crippen molar-refractivity contribution in [3.8, 4) is 0 Å². The molecule has 1 saturated heterocycles. The van der Waals surface area contributed by atoms with Gasteiger partial charge in [-0.2, -0.15) is 22.0 Å². The van der Waals surface area contributed by atoms with E-state index < -0.39 is 0 Å². The lowest BCUT2D eigenvalue weighted by atomic mass is 9.76. The van der Waals surface area contributed by atoms with Crippen molar-refractivity contribution in [3.05, 3.63) is 34.3 Å². The van der Waals surface area contributed by atoms with Crippen LogP contribution >= 0.6 is 23.4 Å². The highest BCUT2D eigenvalue weighted by Crippen LogP contribution is 2.34. The Hall–Kier alpha value is -1.25. The SMILES string of the molecule is C=NN=C.CN(C)C.CNCC1(CCSCc2ccc(C=O)c(Cl)c2)CCNCC1. The van der Waals surface area contributed by atoms with E-state index in [4.69, 9.17) is 11.6 Å². The lowest BCUT2D eigenvalue weighted by Crippen LogP contribution is -2.42. The maximum absolute atomic E-state index is 10.8. The van der Waals surface area contributed by atoms with Gasteiger partial charge in [0.2, 0.25) is 0 Å². The van der Waals surface area contributed by atoms with E-state index in [1.54, 1.807) is 6.07 Å². The molecule has 30 heavy (non-hydrogen) atoms. The third-order valence-electron chi connectivity index (χ3n) is 4.55. The van der Waals surface area contributed by atoms with E-state index in [0.29, 0.717) is 16.0 Å². The molecule has 0 unspecified atom stereocenters. The van der Waals surface area contributed by atoms with Crippen molar-refractivity contribution in [3.63, 3.8) is 0 Å². The maximum Gasteiger partial charge on any atom is 0.151 e. The topological polar surface area (TPSA) is 69.1 Å². The molecule has 0 amide bonds. The quantitative estimate of drug-likeness (QED) is 0.256. The molecule has 2 rings (SSSR count). The molecule has 0 spiro atoms. The van der Waals surface area contributed by atoms with Crippen molar-refractivity contribution in [2.24, 2.45) is 15.6 Å². The van der Waals surface area contributed by atoms with Gasteiger partial charge in [0, 0.05) is 31.3 Å². The predicted molar refractivity (Wildman–Crippen MR) is 135 cm³/mol. The minimum absolute atomic E-state index is 0.450. The van der Waals surface area contributed by atoms with Crippen molar-refractivity contribution in [1.82, 2.24) is 15.5 Å². The Morgan fingerprint density at radius 1 is 1.27 bits per heavy atom. The van der Waals surface area contributed by atoms with Gasteiger partial charge in [0.15, 0.2) is 6.29 Å². The number of rotatable bonds is 9. The third-order valence-corrected chi connectivity index (χ3v) is 5.91. The fraction of sp³-hybridized carbons (Fsp3) is 0.591. The van der Waals surface area contributed by atoms with Crippen LogP contribution in [0, 0.1) is 5.41 Å². The molecule has 1 aliphatic rings. The summed E-state index contributed by atoms with van der Waals surface area (Å²) in [6.07, 6.45) is 4.57. The summed E-state index contributed by atoms with van der Waals surface area (Å²) in [5.41, 5.74) is 2.21. The van der Waals surface area contributed by atoms with E-state index in [-0.39, 0.29) is 0 Å². The van der Waals surface area contributed by atoms with Crippen LogP contribution in [-0.2, 0) is 5.75 Å². The van der Waals surface area contributed by atoms with Crippen LogP contribution in [0.1, 0.15) is 35.2 Å². The zero-order chi connectivity index (χ0) is 22.8. The Balaban J connectivity index is 0.000000901. The first-order valence-electron chi connectivity index (χ1n) is 10.0. The monoisotopic (exact) mass is 455 g/mol. The molecule has 0 aromatic heterocycles. The third kappa shape index (κ3) is 13.1. The molecule has 1 aliphatic heterocycles. The highest BCUT2D eigenvalue weighted by atomic mass is 35.5. The minimum Gasteiger partial charge on any atom is -0.319 e. The average molecular weight is 456 g/mol. The number of benzene rings is 1. The number of nitrogens with one attached hydrogen (secondary N) is 2. The molecule has 2 N–H and O–H groups in total. The Morgan fingerprint density at radius 2 is 1.87 bits per heavy atom. The maximum atomic E-state index is 10.8. The molecule has 0 bridgehead atoms. The van der Waals surface area contributed by atoms with E-state index in [2.05, 4.69) is 34.3 Å². The number of thioether (sulfide) groups is 1. The molecular weight excluding hydrogens is 418 g/mol. The number of carbonyl (C=O) groups is 1. The second-order valence-corrected chi connectivity index (χ2v) is 9.19. The van der Waals surface area contributed by atoms with Crippen LogP contribution in [0.4, 0.5) is 0 Å². The molecule has 170 valence electrons. The second-order valence-electron chi connectivity index (χ2n) is 7.68. The highest BCUT2D eigenvalue weighted by molar-refractivity contribution is 7.98. The van der Waals surface area contributed by atoms with Gasteiger partial charge in [-0.1, -0.05) is 17.7 Å². The lowest BCUT2D eigenvalue weighted by Gasteiger charge is -2.37. The van der Waals surface area contributed by atoms with Gasteiger partial charge < -0.3 is 15.5 Å². The van der Waals surface area contributed by atoms with Crippen LogP contribution in [0.2, 0.25) is 5.02 Å². The van der Waals surface area contributed by atoms with Gasteiger partial charge in [0.25, 0.3) is 0 Å². The summed E-state index contributed by atoms with van der Waals surface area (Å²) < 4.78 is 0. The average Bonchev–Trinajstić information content (AvgIpc) is 2.72. The summed E-state index contributed by atoms with van der Waals surface area (Å²) in [6, 6.07) is 5.71. The highest BCUT2D eigenvalue weighted by Gasteiger charge is 2.30. The number of hydrogen-bond donors (Lipinski definition) is 2. The summed E-state index contributed by atoms with van der Waals surface area (Å²) in [7, 11) is 8.05. The van der Waals surface area contributed by atoms with E-state index in [1.165, 1.54) is 24.8 Å². The van der Waals surface area contributed by atoms with E-state index >= 15 is 0 Å². The fourth-order valence-corrected chi connectivity index (χ4v) is 4.47. The van der Waals surface area contributed by atoms with Gasteiger partial charge >= 0.3 is 0 Å². The molecule has 1 aromatic rings. The summed E-state index contributed by atoms with van der Waals surface area (Å²) in [5.74, 6) is 2.11. The second kappa shape index (κ2) is 17.4. The Labute approximate surface area is 191 Å². The van der Waals surface area contributed by atoms with E-state index in [0.717, 1.165) is 37.4 Å². The molecule has 1 aromatic carbocycles. The number of carbonyl (C=O) groups excluding carboxylic acids is 1. The molecule has 1 fully saturated rings. The van der Waals surface area contributed by atoms with Gasteiger partial charge in [0.1, 0.15) is 0 Å². The van der Waals surface area contributed by atoms with Crippen molar-refractivity contribution < 1.29 is 4.79 Å². The minimum atomic E-state index is 0.450.